The van der Waals surface area contributed by atoms with Gasteiger partial charge >= 0.3 is 0 Å². The minimum atomic E-state index is -1.02. The Balaban J connectivity index is 0.000000231. The monoisotopic (exact) mass is 411 g/mol. The molecule has 0 bridgehead atoms. The van der Waals surface area contributed by atoms with Gasteiger partial charge in [0.15, 0.2) is 0 Å². The van der Waals surface area contributed by atoms with E-state index in [-0.39, 0.29) is 5.70 Å². The molecule has 2 aromatic heterocycles. The van der Waals surface area contributed by atoms with Crippen molar-refractivity contribution < 1.29 is 4.39 Å². The molecular weight excluding hydrogens is 373 g/mol. The maximum absolute atomic E-state index is 12.1. The van der Waals surface area contributed by atoms with E-state index in [1.165, 1.54) is 42.8 Å². The number of aromatic nitrogens is 2. The van der Waals surface area contributed by atoms with E-state index in [1.807, 2.05) is 19.3 Å². The standard InChI is InChI=1S/C11H15N.C9H13N.C6H10FN/c1-8(2)10-5-6-11(12-7-10)9-3-4-9;1-7(2)9-5-4-8(3)10-6-9;1-4-8-6(3)5(2)7/h5-9H,3-4H2,1-2H3;4-7H,1-3H3;4-5H,3H2,1-2H3. The molecule has 30 heavy (non-hydrogen) atoms. The lowest BCUT2D eigenvalue weighted by atomic mass is 10.1. The number of hydrogen-bond acceptors (Lipinski definition) is 3. The van der Waals surface area contributed by atoms with Crippen molar-refractivity contribution in [2.75, 3.05) is 0 Å². The van der Waals surface area contributed by atoms with Crippen molar-refractivity contribution in [3.8, 4) is 0 Å². The molecule has 3 nitrogen and oxygen atoms in total. The van der Waals surface area contributed by atoms with Gasteiger partial charge in [0.1, 0.15) is 6.17 Å². The smallest absolute Gasteiger partial charge is 0.138 e. The van der Waals surface area contributed by atoms with E-state index in [0.717, 1.165) is 11.6 Å². The number of hydrogen-bond donors (Lipinski definition) is 0. The van der Waals surface area contributed by atoms with E-state index in [4.69, 9.17) is 0 Å². The predicted molar refractivity (Wildman–Crippen MR) is 127 cm³/mol. The van der Waals surface area contributed by atoms with Crippen LogP contribution in [0.15, 0.2) is 53.9 Å². The highest BCUT2D eigenvalue weighted by Gasteiger charge is 2.24. The van der Waals surface area contributed by atoms with Gasteiger partial charge in [0.05, 0.1) is 5.70 Å². The van der Waals surface area contributed by atoms with Crippen molar-refractivity contribution >= 4 is 6.21 Å². The maximum atomic E-state index is 12.1. The molecule has 2 heterocycles. The Labute approximate surface area is 182 Å². The molecule has 1 aliphatic carbocycles. The van der Waals surface area contributed by atoms with Crippen molar-refractivity contribution in [1.82, 2.24) is 9.97 Å². The Bertz CT molecular complexity index is 750. The molecule has 0 N–H and O–H groups in total. The molecule has 1 atom stereocenters. The summed E-state index contributed by atoms with van der Waals surface area (Å²) in [6, 6.07) is 8.58. The zero-order chi connectivity index (χ0) is 22.7. The molecule has 164 valence electrons. The normalized spacial score (nSPS) is 14.1. The molecule has 0 radical (unpaired) electrons. The van der Waals surface area contributed by atoms with Crippen LogP contribution in [-0.2, 0) is 0 Å². The molecule has 4 heteroatoms. The number of allylic oxidation sites excluding steroid dienone is 1. The van der Waals surface area contributed by atoms with E-state index in [0.29, 0.717) is 11.8 Å². The van der Waals surface area contributed by atoms with Gasteiger partial charge in [0.2, 0.25) is 0 Å². The van der Waals surface area contributed by atoms with Crippen LogP contribution in [0.3, 0.4) is 0 Å². The molecule has 1 fully saturated rings. The highest BCUT2D eigenvalue weighted by atomic mass is 19.1. The van der Waals surface area contributed by atoms with Gasteiger partial charge in [-0.3, -0.25) is 15.0 Å². The summed E-state index contributed by atoms with van der Waals surface area (Å²) in [7, 11) is 0. The first kappa shape index (κ1) is 25.7. The van der Waals surface area contributed by atoms with Crippen molar-refractivity contribution in [2.24, 2.45) is 4.99 Å². The highest BCUT2D eigenvalue weighted by molar-refractivity contribution is 5.55. The number of halogens is 1. The molecular formula is C26H38FN3. The minimum absolute atomic E-state index is 0.285. The van der Waals surface area contributed by atoms with Gasteiger partial charge in [-0.05, 0) is 68.7 Å². The third-order valence-corrected chi connectivity index (χ3v) is 4.83. The molecule has 0 amide bonds. The Morgan fingerprint density at radius 1 is 1.00 bits per heavy atom. The van der Waals surface area contributed by atoms with E-state index < -0.39 is 6.17 Å². The van der Waals surface area contributed by atoms with Crippen molar-refractivity contribution in [3.63, 3.8) is 0 Å². The molecule has 1 unspecified atom stereocenters. The summed E-state index contributed by atoms with van der Waals surface area (Å²) >= 11 is 0. The molecule has 0 aliphatic heterocycles. The number of aryl methyl sites for hydroxylation is 1. The fourth-order valence-corrected chi connectivity index (χ4v) is 2.47. The first-order valence-corrected chi connectivity index (χ1v) is 10.9. The molecule has 3 rings (SSSR count). The van der Waals surface area contributed by atoms with E-state index in [2.05, 4.69) is 73.5 Å². The van der Waals surface area contributed by atoms with Crippen LogP contribution in [-0.4, -0.2) is 22.4 Å². The zero-order valence-electron chi connectivity index (χ0n) is 19.7. The molecule has 0 saturated heterocycles. The number of pyridine rings is 2. The van der Waals surface area contributed by atoms with Crippen LogP contribution in [0.2, 0.25) is 0 Å². The van der Waals surface area contributed by atoms with Crippen LogP contribution in [0.25, 0.3) is 0 Å². The largest absolute Gasteiger partial charge is 0.263 e. The first-order chi connectivity index (χ1) is 14.1. The van der Waals surface area contributed by atoms with Crippen LogP contribution in [0.5, 0.6) is 0 Å². The van der Waals surface area contributed by atoms with E-state index >= 15 is 0 Å². The molecule has 1 saturated carbocycles. The fourth-order valence-electron chi connectivity index (χ4n) is 2.47. The van der Waals surface area contributed by atoms with Crippen LogP contribution >= 0.6 is 0 Å². The summed E-state index contributed by atoms with van der Waals surface area (Å²) in [4.78, 5) is 12.3. The van der Waals surface area contributed by atoms with Crippen LogP contribution < -0.4 is 0 Å². The summed E-state index contributed by atoms with van der Waals surface area (Å²) < 4.78 is 12.1. The molecule has 0 spiro atoms. The van der Waals surface area contributed by atoms with Gasteiger partial charge in [0.25, 0.3) is 0 Å². The Morgan fingerprint density at radius 2 is 1.53 bits per heavy atom. The van der Waals surface area contributed by atoms with E-state index in [1.54, 1.807) is 6.92 Å². The second kappa shape index (κ2) is 13.0. The van der Waals surface area contributed by atoms with Crippen molar-refractivity contribution in [1.29, 1.82) is 0 Å². The zero-order valence-corrected chi connectivity index (χ0v) is 19.7. The average Bonchev–Trinajstić information content (AvgIpc) is 3.55. The van der Waals surface area contributed by atoms with Crippen molar-refractivity contribution in [3.05, 3.63) is 71.4 Å². The Kier molecular flexibility index (Phi) is 11.2. The van der Waals surface area contributed by atoms with Crippen LogP contribution in [0.1, 0.15) is 94.7 Å². The molecule has 2 aromatic rings. The summed E-state index contributed by atoms with van der Waals surface area (Å²) in [5.74, 6) is 1.98. The second-order valence-corrected chi connectivity index (χ2v) is 8.33. The second-order valence-electron chi connectivity index (χ2n) is 8.33. The van der Waals surface area contributed by atoms with Crippen LogP contribution in [0, 0.1) is 6.92 Å². The third kappa shape index (κ3) is 9.91. The van der Waals surface area contributed by atoms with Crippen LogP contribution in [0.4, 0.5) is 4.39 Å². The van der Waals surface area contributed by atoms with Gasteiger partial charge < -0.3 is 0 Å². The fraction of sp³-hybridized carbons (Fsp3) is 0.500. The number of aliphatic imine (C=N–C) groups is 1. The quantitative estimate of drug-likeness (QED) is 0.476. The average molecular weight is 412 g/mol. The SMILES string of the molecule is C=C(N=CC)C(C)F.CC(C)c1ccc(C2CC2)nc1.Cc1ccc(C(C)C)cn1. The topological polar surface area (TPSA) is 38.1 Å². The van der Waals surface area contributed by atoms with E-state index in [9.17, 15) is 4.39 Å². The summed E-state index contributed by atoms with van der Waals surface area (Å²) in [6.07, 6.45) is 7.16. The molecule has 0 aromatic carbocycles. The minimum Gasteiger partial charge on any atom is -0.263 e. The number of nitrogens with zero attached hydrogens (tertiary/aromatic N) is 3. The van der Waals surface area contributed by atoms with Gasteiger partial charge in [0, 0.05) is 35.9 Å². The van der Waals surface area contributed by atoms with Gasteiger partial charge in [-0.1, -0.05) is 46.4 Å². The Morgan fingerprint density at radius 3 is 1.83 bits per heavy atom. The number of alkyl halides is 1. The number of rotatable bonds is 5. The van der Waals surface area contributed by atoms with Crippen molar-refractivity contribution in [2.45, 2.75) is 85.2 Å². The third-order valence-electron chi connectivity index (χ3n) is 4.83. The predicted octanol–water partition coefficient (Wildman–Crippen LogP) is 7.54. The lowest BCUT2D eigenvalue weighted by Gasteiger charge is -2.04. The lowest BCUT2D eigenvalue weighted by molar-refractivity contribution is 0.410. The maximum Gasteiger partial charge on any atom is 0.138 e. The molecule has 1 aliphatic rings. The summed E-state index contributed by atoms with van der Waals surface area (Å²) in [5, 5.41) is 0. The Hall–Kier alpha value is -2.36. The highest BCUT2D eigenvalue weighted by Crippen LogP contribution is 2.38. The first-order valence-electron chi connectivity index (χ1n) is 10.9. The van der Waals surface area contributed by atoms with Gasteiger partial charge in [-0.2, -0.15) is 0 Å². The summed E-state index contributed by atoms with van der Waals surface area (Å²) in [6.45, 7) is 17.3. The lowest BCUT2D eigenvalue weighted by Crippen LogP contribution is -1.92. The van der Waals surface area contributed by atoms with Gasteiger partial charge in [-0.25, -0.2) is 4.39 Å². The van der Waals surface area contributed by atoms with Gasteiger partial charge in [-0.15, -0.1) is 0 Å². The summed E-state index contributed by atoms with van der Waals surface area (Å²) in [5.41, 5.74) is 5.32.